The van der Waals surface area contributed by atoms with Crippen LogP contribution in [0.5, 0.6) is 5.88 Å². The molecule has 0 spiro atoms. The number of carbonyl (C=O) groups excluding carboxylic acids is 2. The average Bonchev–Trinajstić information content (AvgIpc) is 3.25. The van der Waals surface area contributed by atoms with Gasteiger partial charge in [-0.15, -0.1) is 0 Å². The summed E-state index contributed by atoms with van der Waals surface area (Å²) < 4.78 is 29.9. The third kappa shape index (κ3) is 6.51. The number of nitrogens with zero attached hydrogens (tertiary/aromatic N) is 2. The maximum atomic E-state index is 12.4. The Morgan fingerprint density at radius 3 is 2.36 bits per heavy atom. The molecule has 3 N–H and O–H groups in total. The molecule has 0 atom stereocenters. The molecule has 0 radical (unpaired) electrons. The molecule has 10 nitrogen and oxygen atoms in total. The smallest absolute Gasteiger partial charge is 0.338 e. The SMILES string of the molecule is CCOC(=O)c1ccc2c(C(=Nc3ccc(N(C)C(=O)CNS(C)(=O)=O)cc3)c3ccccc3)c(O)[nH]c2c1. The van der Waals surface area contributed by atoms with Crippen molar-refractivity contribution >= 4 is 49.9 Å². The fourth-order valence-electron chi connectivity index (χ4n) is 3.96. The van der Waals surface area contributed by atoms with Gasteiger partial charge in [-0.1, -0.05) is 36.4 Å². The number of aromatic nitrogens is 1. The van der Waals surface area contributed by atoms with Gasteiger partial charge in [-0.2, -0.15) is 0 Å². The number of rotatable bonds is 9. The molecule has 202 valence electrons. The van der Waals surface area contributed by atoms with Crippen molar-refractivity contribution in [3.8, 4) is 5.88 Å². The molecule has 1 heterocycles. The summed E-state index contributed by atoms with van der Waals surface area (Å²) in [6.45, 7) is 1.63. The van der Waals surface area contributed by atoms with Gasteiger partial charge in [0.05, 0.1) is 41.9 Å². The predicted octanol–water partition coefficient (Wildman–Crippen LogP) is 3.73. The van der Waals surface area contributed by atoms with Gasteiger partial charge >= 0.3 is 5.97 Å². The number of benzene rings is 3. The molecule has 0 unspecified atom stereocenters. The lowest BCUT2D eigenvalue weighted by Crippen LogP contribution is -2.37. The Hall–Kier alpha value is -4.48. The van der Waals surface area contributed by atoms with Crippen LogP contribution in [-0.4, -0.2) is 62.6 Å². The second-order valence-corrected chi connectivity index (χ2v) is 10.6. The molecule has 0 saturated carbocycles. The Labute approximate surface area is 226 Å². The van der Waals surface area contributed by atoms with E-state index in [0.29, 0.717) is 39.1 Å². The van der Waals surface area contributed by atoms with Gasteiger partial charge in [0.15, 0.2) is 5.88 Å². The minimum absolute atomic E-state index is 0.103. The summed E-state index contributed by atoms with van der Waals surface area (Å²) in [6, 6.07) is 21.2. The van der Waals surface area contributed by atoms with Gasteiger partial charge in [0.2, 0.25) is 15.9 Å². The molecular formula is C28H28N4O6S. The second-order valence-electron chi connectivity index (χ2n) is 8.72. The second kappa shape index (κ2) is 11.5. The fourth-order valence-corrected chi connectivity index (χ4v) is 4.35. The first kappa shape index (κ1) is 27.6. The van der Waals surface area contributed by atoms with Crippen molar-refractivity contribution in [1.29, 1.82) is 0 Å². The molecule has 1 aromatic heterocycles. The van der Waals surface area contributed by atoms with Gasteiger partial charge in [0, 0.05) is 29.2 Å². The average molecular weight is 549 g/mol. The van der Waals surface area contributed by atoms with E-state index in [1.165, 1.54) is 4.90 Å². The number of aliphatic imine (C=N–C) groups is 1. The Kier molecular flexibility index (Phi) is 8.12. The largest absolute Gasteiger partial charge is 0.494 e. The Morgan fingerprint density at radius 2 is 1.72 bits per heavy atom. The molecular weight excluding hydrogens is 520 g/mol. The number of aromatic amines is 1. The zero-order chi connectivity index (χ0) is 28.2. The summed E-state index contributed by atoms with van der Waals surface area (Å²) in [6.07, 6.45) is 0.988. The number of nitrogens with one attached hydrogen (secondary N) is 2. The number of hydrogen-bond acceptors (Lipinski definition) is 7. The van der Waals surface area contributed by atoms with E-state index in [1.54, 1.807) is 56.4 Å². The number of fused-ring (bicyclic) bond motifs is 1. The van der Waals surface area contributed by atoms with Gasteiger partial charge in [0.1, 0.15) is 0 Å². The number of hydrogen-bond donors (Lipinski definition) is 3. The minimum Gasteiger partial charge on any atom is -0.494 e. The molecule has 0 fully saturated rings. The molecule has 1 amide bonds. The third-order valence-corrected chi connectivity index (χ3v) is 6.58. The van der Waals surface area contributed by atoms with Crippen molar-refractivity contribution in [3.05, 3.63) is 89.5 Å². The van der Waals surface area contributed by atoms with Crippen molar-refractivity contribution in [2.24, 2.45) is 4.99 Å². The number of sulfonamides is 1. The normalized spacial score (nSPS) is 11.9. The van der Waals surface area contributed by atoms with Crippen LogP contribution in [0.25, 0.3) is 10.9 Å². The molecule has 0 saturated heterocycles. The topological polar surface area (TPSA) is 141 Å². The lowest BCUT2D eigenvalue weighted by molar-refractivity contribution is -0.117. The van der Waals surface area contributed by atoms with Crippen LogP contribution in [0.15, 0.2) is 77.8 Å². The summed E-state index contributed by atoms with van der Waals surface area (Å²) >= 11 is 0. The van der Waals surface area contributed by atoms with Crippen LogP contribution in [0.2, 0.25) is 0 Å². The van der Waals surface area contributed by atoms with Crippen LogP contribution in [0, 0.1) is 0 Å². The molecule has 39 heavy (non-hydrogen) atoms. The number of aromatic hydroxyl groups is 1. The van der Waals surface area contributed by atoms with Crippen LogP contribution in [-0.2, 0) is 19.6 Å². The zero-order valence-electron chi connectivity index (χ0n) is 21.6. The first-order valence-electron chi connectivity index (χ1n) is 12.0. The summed E-state index contributed by atoms with van der Waals surface area (Å²) in [5.41, 5.74) is 3.74. The van der Waals surface area contributed by atoms with Gasteiger partial charge in [0.25, 0.3) is 0 Å². The van der Waals surface area contributed by atoms with E-state index >= 15 is 0 Å². The van der Waals surface area contributed by atoms with E-state index < -0.39 is 21.9 Å². The van der Waals surface area contributed by atoms with Crippen LogP contribution in [0.3, 0.4) is 0 Å². The lowest BCUT2D eigenvalue weighted by atomic mass is 10.00. The summed E-state index contributed by atoms with van der Waals surface area (Å²) in [5, 5.41) is 11.6. The zero-order valence-corrected chi connectivity index (χ0v) is 22.5. The summed E-state index contributed by atoms with van der Waals surface area (Å²) in [7, 11) is -1.94. The molecule has 0 aliphatic heterocycles. The third-order valence-electron chi connectivity index (χ3n) is 5.91. The number of ether oxygens (including phenoxy) is 1. The van der Waals surface area contributed by atoms with Crippen molar-refractivity contribution in [1.82, 2.24) is 9.71 Å². The number of esters is 1. The number of amides is 1. The molecule has 4 rings (SSSR count). The lowest BCUT2D eigenvalue weighted by Gasteiger charge is -2.17. The number of likely N-dealkylation sites (N-methyl/N-ethyl adjacent to an activating group) is 1. The van der Waals surface area contributed by atoms with E-state index in [4.69, 9.17) is 9.73 Å². The van der Waals surface area contributed by atoms with E-state index in [-0.39, 0.29) is 19.0 Å². The van der Waals surface area contributed by atoms with Gasteiger partial charge in [-0.05, 0) is 43.3 Å². The van der Waals surface area contributed by atoms with Crippen LogP contribution in [0.1, 0.15) is 28.4 Å². The maximum absolute atomic E-state index is 12.4. The van der Waals surface area contributed by atoms with Gasteiger partial charge in [-0.25, -0.2) is 22.9 Å². The Bertz CT molecular complexity index is 1640. The minimum atomic E-state index is -3.49. The van der Waals surface area contributed by atoms with Crippen molar-refractivity contribution in [3.63, 3.8) is 0 Å². The van der Waals surface area contributed by atoms with E-state index in [2.05, 4.69) is 9.71 Å². The quantitative estimate of drug-likeness (QED) is 0.215. The van der Waals surface area contributed by atoms with E-state index in [9.17, 15) is 23.1 Å². The summed E-state index contributed by atoms with van der Waals surface area (Å²) in [5.74, 6) is -0.982. The number of H-pyrrole nitrogens is 1. The van der Waals surface area contributed by atoms with Crippen molar-refractivity contribution in [2.75, 3.05) is 31.4 Å². The Morgan fingerprint density at radius 1 is 1.03 bits per heavy atom. The monoisotopic (exact) mass is 548 g/mol. The highest BCUT2D eigenvalue weighted by atomic mass is 32.2. The van der Waals surface area contributed by atoms with Crippen LogP contribution < -0.4 is 9.62 Å². The number of carbonyl (C=O) groups is 2. The van der Waals surface area contributed by atoms with E-state index in [0.717, 1.165) is 11.8 Å². The predicted molar refractivity (Wildman–Crippen MR) is 150 cm³/mol. The van der Waals surface area contributed by atoms with E-state index in [1.807, 2.05) is 30.3 Å². The van der Waals surface area contributed by atoms with Crippen LogP contribution >= 0.6 is 0 Å². The molecule has 0 aliphatic rings. The summed E-state index contributed by atoms with van der Waals surface area (Å²) in [4.78, 5) is 33.7. The van der Waals surface area contributed by atoms with Crippen molar-refractivity contribution < 1.29 is 27.9 Å². The molecule has 3 aromatic carbocycles. The standard InChI is InChI=1S/C28H28N4O6S/c1-4-38-28(35)19-10-15-22-23(16-19)31-27(34)25(22)26(18-8-6-5-7-9-18)30-20-11-13-21(14-12-20)32(2)24(33)17-29-39(3,36)37/h5-16,29,31,34H,4,17H2,1-3H3. The highest BCUT2D eigenvalue weighted by molar-refractivity contribution is 7.88. The number of anilines is 1. The van der Waals surface area contributed by atoms with Gasteiger partial charge in [-0.3, -0.25) is 4.79 Å². The first-order chi connectivity index (χ1) is 18.6. The van der Waals surface area contributed by atoms with Crippen LogP contribution in [0.4, 0.5) is 11.4 Å². The maximum Gasteiger partial charge on any atom is 0.338 e. The molecule has 0 bridgehead atoms. The Balaban J connectivity index is 1.71. The highest BCUT2D eigenvalue weighted by Gasteiger charge is 2.20. The fraction of sp³-hybridized carbons (Fsp3) is 0.179. The van der Waals surface area contributed by atoms with Crippen molar-refractivity contribution in [2.45, 2.75) is 6.92 Å². The molecule has 4 aromatic rings. The molecule has 0 aliphatic carbocycles. The highest BCUT2D eigenvalue weighted by Crippen LogP contribution is 2.32. The first-order valence-corrected chi connectivity index (χ1v) is 13.9. The van der Waals surface area contributed by atoms with Gasteiger partial charge < -0.3 is 19.7 Å². The molecule has 11 heteroatoms.